The zero-order chi connectivity index (χ0) is 15.7. The number of hydrogen-bond acceptors (Lipinski definition) is 3. The number of carbonyl (C=O) groups is 1. The highest BCUT2D eigenvalue weighted by Gasteiger charge is 2.29. The summed E-state index contributed by atoms with van der Waals surface area (Å²) < 4.78 is 8.33. The zero-order valence-corrected chi connectivity index (χ0v) is 14.5. The summed E-state index contributed by atoms with van der Waals surface area (Å²) >= 11 is 13.9. The molecule has 1 amide bonds. The molecule has 0 N–H and O–H groups in total. The van der Waals surface area contributed by atoms with Crippen molar-refractivity contribution in [3.05, 3.63) is 27.0 Å². The number of rotatable bonds is 5. The van der Waals surface area contributed by atoms with E-state index in [0.29, 0.717) is 34.6 Å². The highest BCUT2D eigenvalue weighted by molar-refractivity contribution is 7.16. The second kappa shape index (κ2) is 6.71. The molecule has 1 aliphatic carbocycles. The van der Waals surface area contributed by atoms with Crippen molar-refractivity contribution >= 4 is 50.7 Å². The number of ether oxygens (including phenoxy) is 1. The molecule has 118 valence electrons. The topological polar surface area (TPSA) is 43.6 Å². The molecule has 22 heavy (non-hydrogen) atoms. The van der Waals surface area contributed by atoms with Crippen molar-refractivity contribution in [3.63, 3.8) is 0 Å². The van der Waals surface area contributed by atoms with Crippen LogP contribution < -0.4 is 4.80 Å². The third-order valence-electron chi connectivity index (χ3n) is 3.53. The Hall–Kier alpha value is -0.880. The van der Waals surface area contributed by atoms with Gasteiger partial charge in [0, 0.05) is 19.1 Å². The number of aromatic nitrogens is 1. The van der Waals surface area contributed by atoms with Crippen LogP contribution >= 0.6 is 34.5 Å². The summed E-state index contributed by atoms with van der Waals surface area (Å²) in [6.45, 7) is 3.72. The van der Waals surface area contributed by atoms with E-state index in [9.17, 15) is 4.79 Å². The first kappa shape index (κ1) is 16.0. The van der Waals surface area contributed by atoms with Crippen molar-refractivity contribution in [2.24, 2.45) is 10.9 Å². The fraction of sp³-hybridized carbons (Fsp3) is 0.467. The monoisotopic (exact) mass is 358 g/mol. The Morgan fingerprint density at radius 2 is 2.23 bits per heavy atom. The first-order valence-corrected chi connectivity index (χ1v) is 8.82. The normalized spacial score (nSPS) is 15.7. The molecule has 1 aromatic heterocycles. The van der Waals surface area contributed by atoms with E-state index in [1.807, 2.05) is 17.6 Å². The lowest BCUT2D eigenvalue weighted by Gasteiger charge is -2.07. The van der Waals surface area contributed by atoms with Crippen LogP contribution in [0.5, 0.6) is 0 Å². The summed E-state index contributed by atoms with van der Waals surface area (Å²) in [6.07, 6.45) is 1.89. The zero-order valence-electron chi connectivity index (χ0n) is 12.1. The molecule has 0 aliphatic heterocycles. The van der Waals surface area contributed by atoms with Crippen LogP contribution in [0.3, 0.4) is 0 Å². The molecule has 0 bridgehead atoms. The van der Waals surface area contributed by atoms with E-state index >= 15 is 0 Å². The lowest BCUT2D eigenvalue weighted by molar-refractivity contribution is -0.119. The van der Waals surface area contributed by atoms with Gasteiger partial charge in [0.2, 0.25) is 0 Å². The number of carbonyl (C=O) groups excluding carboxylic acids is 1. The Kier molecular flexibility index (Phi) is 4.88. The van der Waals surface area contributed by atoms with Crippen LogP contribution in [0.2, 0.25) is 10.0 Å². The molecular weight excluding hydrogens is 343 g/mol. The minimum absolute atomic E-state index is 0.0427. The van der Waals surface area contributed by atoms with Gasteiger partial charge >= 0.3 is 0 Å². The van der Waals surface area contributed by atoms with Gasteiger partial charge in [-0.15, -0.1) is 0 Å². The Balaban J connectivity index is 2.11. The molecule has 1 saturated carbocycles. The molecule has 0 atom stereocenters. The highest BCUT2D eigenvalue weighted by atomic mass is 35.5. The quantitative estimate of drug-likeness (QED) is 0.761. The molecule has 1 heterocycles. The van der Waals surface area contributed by atoms with Gasteiger partial charge in [0.25, 0.3) is 5.91 Å². The summed E-state index contributed by atoms with van der Waals surface area (Å²) in [5.41, 5.74) is 0.821. The van der Waals surface area contributed by atoms with Crippen molar-refractivity contribution in [1.82, 2.24) is 4.57 Å². The standard InChI is InChI=1S/C15H16Cl2N2O2S/c1-2-21-8-7-19-13-11(6-5-10(16)12(13)17)22-15(19)18-14(20)9-3-4-9/h5-6,9H,2-4,7-8H2,1H3. The van der Waals surface area contributed by atoms with E-state index < -0.39 is 0 Å². The molecule has 2 aromatic rings. The molecular formula is C15H16Cl2N2O2S. The fourth-order valence-electron chi connectivity index (χ4n) is 2.21. The first-order valence-electron chi connectivity index (χ1n) is 7.25. The molecule has 3 rings (SSSR count). The van der Waals surface area contributed by atoms with Gasteiger partial charge in [-0.2, -0.15) is 4.99 Å². The maximum Gasteiger partial charge on any atom is 0.251 e. The third-order valence-corrected chi connectivity index (χ3v) is 5.37. The lowest BCUT2D eigenvalue weighted by Crippen LogP contribution is -2.20. The van der Waals surface area contributed by atoms with Gasteiger partial charge in [0.15, 0.2) is 4.80 Å². The molecule has 0 spiro atoms. The van der Waals surface area contributed by atoms with Crippen LogP contribution in [0.4, 0.5) is 0 Å². The maximum absolute atomic E-state index is 12.0. The van der Waals surface area contributed by atoms with Crippen molar-refractivity contribution in [2.45, 2.75) is 26.3 Å². The van der Waals surface area contributed by atoms with Crippen LogP contribution in [0.25, 0.3) is 10.2 Å². The van der Waals surface area contributed by atoms with E-state index in [1.54, 1.807) is 6.07 Å². The lowest BCUT2D eigenvalue weighted by atomic mass is 10.3. The average molecular weight is 359 g/mol. The Labute approximate surface area is 142 Å². The van der Waals surface area contributed by atoms with Crippen LogP contribution in [0, 0.1) is 5.92 Å². The molecule has 7 heteroatoms. The van der Waals surface area contributed by atoms with Gasteiger partial charge in [-0.3, -0.25) is 4.79 Å². The van der Waals surface area contributed by atoms with Crippen molar-refractivity contribution in [3.8, 4) is 0 Å². The van der Waals surface area contributed by atoms with Crippen molar-refractivity contribution in [1.29, 1.82) is 0 Å². The number of benzene rings is 1. The second-order valence-corrected chi connectivity index (χ2v) is 6.96. The van der Waals surface area contributed by atoms with Crippen LogP contribution in [0.15, 0.2) is 17.1 Å². The molecule has 4 nitrogen and oxygen atoms in total. The molecule has 1 fully saturated rings. The number of amides is 1. The van der Waals surface area contributed by atoms with Gasteiger partial charge in [-0.25, -0.2) is 0 Å². The molecule has 1 aliphatic rings. The van der Waals surface area contributed by atoms with Crippen molar-refractivity contribution in [2.75, 3.05) is 13.2 Å². The Morgan fingerprint density at radius 3 is 2.91 bits per heavy atom. The van der Waals surface area contributed by atoms with E-state index in [1.165, 1.54) is 11.3 Å². The minimum atomic E-state index is -0.0427. The summed E-state index contributed by atoms with van der Waals surface area (Å²) in [5.74, 6) is 0.0588. The largest absolute Gasteiger partial charge is 0.380 e. The predicted octanol–water partition coefficient (Wildman–Crippen LogP) is 3.88. The van der Waals surface area contributed by atoms with E-state index in [-0.39, 0.29) is 11.8 Å². The summed E-state index contributed by atoms with van der Waals surface area (Å²) in [5, 5.41) is 0.990. The fourth-order valence-corrected chi connectivity index (χ4v) is 3.76. The van der Waals surface area contributed by atoms with Crippen LogP contribution in [0.1, 0.15) is 19.8 Å². The molecule has 0 radical (unpaired) electrons. The molecule has 0 saturated heterocycles. The van der Waals surface area contributed by atoms with Gasteiger partial charge in [0.05, 0.1) is 26.9 Å². The second-order valence-electron chi connectivity index (χ2n) is 5.17. The molecule has 0 unspecified atom stereocenters. The first-order chi connectivity index (χ1) is 10.6. The smallest absolute Gasteiger partial charge is 0.251 e. The van der Waals surface area contributed by atoms with Crippen molar-refractivity contribution < 1.29 is 9.53 Å². The average Bonchev–Trinajstić information content (AvgIpc) is 3.28. The van der Waals surface area contributed by atoms with Gasteiger partial charge < -0.3 is 9.30 Å². The SMILES string of the molecule is CCOCCn1c(=NC(=O)C2CC2)sc2ccc(Cl)c(Cl)c21. The highest BCUT2D eigenvalue weighted by Crippen LogP contribution is 2.33. The summed E-state index contributed by atoms with van der Waals surface area (Å²) in [7, 11) is 0. The number of halogens is 2. The number of fused-ring (bicyclic) bond motifs is 1. The third kappa shape index (κ3) is 3.23. The van der Waals surface area contributed by atoms with Crippen LogP contribution in [-0.4, -0.2) is 23.7 Å². The number of thiazole rings is 1. The van der Waals surface area contributed by atoms with Gasteiger partial charge in [-0.1, -0.05) is 34.5 Å². The number of nitrogens with zero attached hydrogens (tertiary/aromatic N) is 2. The van der Waals surface area contributed by atoms with E-state index in [4.69, 9.17) is 27.9 Å². The minimum Gasteiger partial charge on any atom is -0.380 e. The summed E-state index contributed by atoms with van der Waals surface area (Å²) in [4.78, 5) is 17.0. The van der Waals surface area contributed by atoms with Gasteiger partial charge in [-0.05, 0) is 31.9 Å². The predicted molar refractivity (Wildman–Crippen MR) is 89.6 cm³/mol. The Morgan fingerprint density at radius 1 is 1.45 bits per heavy atom. The van der Waals surface area contributed by atoms with E-state index in [2.05, 4.69) is 4.99 Å². The maximum atomic E-state index is 12.0. The van der Waals surface area contributed by atoms with E-state index in [0.717, 1.165) is 23.1 Å². The van der Waals surface area contributed by atoms with Gasteiger partial charge in [0.1, 0.15) is 0 Å². The number of hydrogen-bond donors (Lipinski definition) is 0. The van der Waals surface area contributed by atoms with Crippen LogP contribution in [-0.2, 0) is 16.1 Å². The Bertz CT molecular complexity index is 778. The molecule has 1 aromatic carbocycles. The summed E-state index contributed by atoms with van der Waals surface area (Å²) in [6, 6.07) is 3.67.